The Labute approximate surface area is 133 Å². The van der Waals surface area contributed by atoms with Gasteiger partial charge in [-0.25, -0.2) is 9.97 Å². The molecule has 0 saturated carbocycles. The number of aromatic nitrogens is 2. The van der Waals surface area contributed by atoms with Gasteiger partial charge in [0.25, 0.3) is 5.91 Å². The van der Waals surface area contributed by atoms with Crippen LogP contribution >= 0.6 is 0 Å². The molecule has 3 aromatic rings. The molecular formula is C17H16N4O2. The Balaban J connectivity index is 1.59. The molecule has 2 heterocycles. The van der Waals surface area contributed by atoms with Gasteiger partial charge in [-0.05, 0) is 17.7 Å². The highest BCUT2D eigenvalue weighted by molar-refractivity contribution is 5.92. The predicted octanol–water partition coefficient (Wildman–Crippen LogP) is 2.61. The van der Waals surface area contributed by atoms with Gasteiger partial charge in [-0.3, -0.25) is 4.79 Å². The number of rotatable bonds is 6. The van der Waals surface area contributed by atoms with Gasteiger partial charge < -0.3 is 15.1 Å². The van der Waals surface area contributed by atoms with E-state index in [4.69, 9.17) is 4.42 Å². The van der Waals surface area contributed by atoms with Gasteiger partial charge in [0.05, 0.1) is 12.8 Å². The lowest BCUT2D eigenvalue weighted by atomic mass is 10.2. The monoisotopic (exact) mass is 308 g/mol. The Kier molecular flexibility index (Phi) is 4.63. The third-order valence-corrected chi connectivity index (χ3v) is 3.22. The summed E-state index contributed by atoms with van der Waals surface area (Å²) >= 11 is 0. The SMILES string of the molecule is O=C(NCc1ccco1)c1cc(NCc2ccccc2)ncn1. The fraction of sp³-hybridized carbons (Fsp3) is 0.118. The summed E-state index contributed by atoms with van der Waals surface area (Å²) in [4.78, 5) is 20.2. The van der Waals surface area contributed by atoms with Crippen LogP contribution in [0.1, 0.15) is 21.8 Å². The molecule has 1 aromatic carbocycles. The van der Waals surface area contributed by atoms with Crippen molar-refractivity contribution in [3.63, 3.8) is 0 Å². The highest BCUT2D eigenvalue weighted by Gasteiger charge is 2.09. The minimum absolute atomic E-state index is 0.272. The number of furan rings is 1. The standard InChI is InChI=1S/C17H16N4O2/c22-17(19-11-14-7-4-8-23-14)15-9-16(21-12-20-15)18-10-13-5-2-1-3-6-13/h1-9,12H,10-11H2,(H,19,22)(H,18,20,21). The van der Waals surface area contributed by atoms with Gasteiger partial charge in [0.1, 0.15) is 23.6 Å². The molecule has 0 spiro atoms. The van der Waals surface area contributed by atoms with Crippen molar-refractivity contribution in [2.75, 3.05) is 5.32 Å². The van der Waals surface area contributed by atoms with Gasteiger partial charge in [-0.2, -0.15) is 0 Å². The van der Waals surface area contributed by atoms with Crippen molar-refractivity contribution in [1.29, 1.82) is 0 Å². The highest BCUT2D eigenvalue weighted by atomic mass is 16.3. The molecule has 0 fully saturated rings. The molecule has 0 aliphatic rings. The molecule has 6 heteroatoms. The minimum Gasteiger partial charge on any atom is -0.467 e. The maximum absolute atomic E-state index is 12.1. The van der Waals surface area contributed by atoms with Crippen LogP contribution in [-0.4, -0.2) is 15.9 Å². The largest absolute Gasteiger partial charge is 0.467 e. The molecule has 1 amide bonds. The van der Waals surface area contributed by atoms with E-state index in [1.807, 2.05) is 30.3 Å². The van der Waals surface area contributed by atoms with Crippen LogP contribution < -0.4 is 10.6 Å². The lowest BCUT2D eigenvalue weighted by molar-refractivity contribution is 0.0943. The van der Waals surface area contributed by atoms with E-state index < -0.39 is 0 Å². The van der Waals surface area contributed by atoms with Gasteiger partial charge in [0.2, 0.25) is 0 Å². The number of anilines is 1. The van der Waals surface area contributed by atoms with Crippen LogP contribution in [0, 0.1) is 0 Å². The Hall–Kier alpha value is -3.15. The minimum atomic E-state index is -0.272. The van der Waals surface area contributed by atoms with Crippen molar-refractivity contribution in [2.24, 2.45) is 0 Å². The molecule has 23 heavy (non-hydrogen) atoms. The highest BCUT2D eigenvalue weighted by Crippen LogP contribution is 2.07. The second-order valence-corrected chi connectivity index (χ2v) is 4.89. The maximum Gasteiger partial charge on any atom is 0.270 e. The fourth-order valence-electron chi connectivity index (χ4n) is 2.04. The number of hydrogen-bond acceptors (Lipinski definition) is 5. The number of benzene rings is 1. The van der Waals surface area contributed by atoms with Crippen LogP contribution in [0.15, 0.2) is 65.5 Å². The van der Waals surface area contributed by atoms with Crippen LogP contribution in [-0.2, 0) is 13.1 Å². The van der Waals surface area contributed by atoms with Crippen molar-refractivity contribution in [3.05, 3.63) is 78.1 Å². The molecule has 0 bridgehead atoms. The molecule has 0 saturated heterocycles. The summed E-state index contributed by atoms with van der Waals surface area (Å²) < 4.78 is 5.17. The third kappa shape index (κ3) is 4.16. The molecule has 116 valence electrons. The molecule has 2 N–H and O–H groups in total. The van der Waals surface area contributed by atoms with Crippen molar-refractivity contribution in [1.82, 2.24) is 15.3 Å². The van der Waals surface area contributed by atoms with E-state index in [1.54, 1.807) is 24.5 Å². The first-order valence-corrected chi connectivity index (χ1v) is 7.22. The van der Waals surface area contributed by atoms with Gasteiger partial charge >= 0.3 is 0 Å². The van der Waals surface area contributed by atoms with Crippen molar-refractivity contribution < 1.29 is 9.21 Å². The van der Waals surface area contributed by atoms with Gasteiger partial charge in [0.15, 0.2) is 0 Å². The van der Waals surface area contributed by atoms with Crippen LogP contribution in [0.3, 0.4) is 0 Å². The summed E-state index contributed by atoms with van der Waals surface area (Å²) in [6, 6.07) is 15.2. The quantitative estimate of drug-likeness (QED) is 0.731. The third-order valence-electron chi connectivity index (χ3n) is 3.22. The van der Waals surface area contributed by atoms with Crippen molar-refractivity contribution >= 4 is 11.7 Å². The molecule has 0 aliphatic heterocycles. The zero-order chi connectivity index (χ0) is 15.9. The molecule has 0 aliphatic carbocycles. The normalized spacial score (nSPS) is 10.3. The first-order chi connectivity index (χ1) is 11.3. The van der Waals surface area contributed by atoms with E-state index in [0.29, 0.717) is 30.4 Å². The molecule has 0 radical (unpaired) electrons. The van der Waals surface area contributed by atoms with E-state index in [1.165, 1.54) is 6.33 Å². The fourth-order valence-corrected chi connectivity index (χ4v) is 2.04. The maximum atomic E-state index is 12.1. The summed E-state index contributed by atoms with van der Waals surface area (Å²) in [5.41, 5.74) is 1.44. The van der Waals surface area contributed by atoms with Crippen LogP contribution in [0.4, 0.5) is 5.82 Å². The summed E-state index contributed by atoms with van der Waals surface area (Å²) in [5.74, 6) is 1.02. The zero-order valence-electron chi connectivity index (χ0n) is 12.4. The molecule has 0 unspecified atom stereocenters. The topological polar surface area (TPSA) is 80.0 Å². The van der Waals surface area contributed by atoms with Gasteiger partial charge in [0, 0.05) is 12.6 Å². The van der Waals surface area contributed by atoms with E-state index in [-0.39, 0.29) is 5.91 Å². The number of amides is 1. The summed E-state index contributed by atoms with van der Waals surface area (Å²) in [5, 5.41) is 5.93. The first-order valence-electron chi connectivity index (χ1n) is 7.22. The van der Waals surface area contributed by atoms with Gasteiger partial charge in [-0.15, -0.1) is 0 Å². The lowest BCUT2D eigenvalue weighted by Crippen LogP contribution is -2.23. The van der Waals surface area contributed by atoms with E-state index in [0.717, 1.165) is 5.56 Å². The average Bonchev–Trinajstić information content (AvgIpc) is 3.12. The van der Waals surface area contributed by atoms with Crippen LogP contribution in [0.25, 0.3) is 0 Å². The van der Waals surface area contributed by atoms with Crippen molar-refractivity contribution in [3.8, 4) is 0 Å². The second kappa shape index (κ2) is 7.22. The molecule has 0 atom stereocenters. The van der Waals surface area contributed by atoms with E-state index >= 15 is 0 Å². The Bertz CT molecular complexity index is 757. The van der Waals surface area contributed by atoms with Crippen LogP contribution in [0.5, 0.6) is 0 Å². The smallest absolute Gasteiger partial charge is 0.270 e. The Morgan fingerprint density at radius 2 is 1.91 bits per heavy atom. The predicted molar refractivity (Wildman–Crippen MR) is 85.7 cm³/mol. The second-order valence-electron chi connectivity index (χ2n) is 4.89. The Morgan fingerprint density at radius 1 is 1.04 bits per heavy atom. The number of nitrogens with one attached hydrogen (secondary N) is 2. The number of carbonyl (C=O) groups excluding carboxylic acids is 1. The van der Waals surface area contributed by atoms with Crippen LogP contribution in [0.2, 0.25) is 0 Å². The van der Waals surface area contributed by atoms with Crippen molar-refractivity contribution in [2.45, 2.75) is 13.1 Å². The van der Waals surface area contributed by atoms with E-state index in [9.17, 15) is 4.79 Å². The average molecular weight is 308 g/mol. The number of carbonyl (C=O) groups is 1. The number of hydrogen-bond donors (Lipinski definition) is 2. The van der Waals surface area contributed by atoms with Gasteiger partial charge in [-0.1, -0.05) is 30.3 Å². The molecule has 6 nitrogen and oxygen atoms in total. The molecule has 3 rings (SSSR count). The zero-order valence-corrected chi connectivity index (χ0v) is 12.4. The molecule has 2 aromatic heterocycles. The summed E-state index contributed by atoms with van der Waals surface area (Å²) in [7, 11) is 0. The Morgan fingerprint density at radius 3 is 2.70 bits per heavy atom. The number of nitrogens with zero attached hydrogens (tertiary/aromatic N) is 2. The van der Waals surface area contributed by atoms with E-state index in [2.05, 4.69) is 20.6 Å². The molecular weight excluding hydrogens is 292 g/mol. The lowest BCUT2D eigenvalue weighted by Gasteiger charge is -2.07. The summed E-state index contributed by atoms with van der Waals surface area (Å²) in [6.07, 6.45) is 2.94. The first kappa shape index (κ1) is 14.8. The summed E-state index contributed by atoms with van der Waals surface area (Å²) in [6.45, 7) is 0.952.